The van der Waals surface area contributed by atoms with Gasteiger partial charge >= 0.3 is 17.9 Å². The summed E-state index contributed by atoms with van der Waals surface area (Å²) in [5.41, 5.74) is 0. The normalized spacial score (nSPS) is 12.2. The molecular weight excluding hydrogens is 829 g/mol. The predicted molar refractivity (Wildman–Crippen MR) is 289 cm³/mol. The van der Waals surface area contributed by atoms with Crippen molar-refractivity contribution in [3.8, 4) is 0 Å². The van der Waals surface area contributed by atoms with Gasteiger partial charge in [0.05, 0.1) is 0 Å². The van der Waals surface area contributed by atoms with Gasteiger partial charge in [-0.2, -0.15) is 0 Å². The summed E-state index contributed by atoms with van der Waals surface area (Å²) in [6, 6.07) is 0. The Kier molecular flexibility index (Phi) is 54.2. The highest BCUT2D eigenvalue weighted by Crippen LogP contribution is 2.17. The standard InChI is InChI=1S/C61H112O6/c1-4-7-10-13-16-18-20-22-23-24-25-26-27-28-29-30-31-32-33-34-35-36-37-39-40-42-45-48-51-54-60(63)66-57-58(56-65-59(62)53-50-47-44-15-12-9-6-3)67-61(64)55-52-49-46-43-41-38-21-19-17-14-11-8-5-2/h8,11,17,19,38,41,58H,4-7,9-10,12-16,18,20-37,39-40,42-57H2,1-3H3/b11-8-,19-17-,41-38-. The molecule has 0 aromatic rings. The minimum Gasteiger partial charge on any atom is -0.462 e. The Labute approximate surface area is 416 Å². The monoisotopic (exact) mass is 941 g/mol. The van der Waals surface area contributed by atoms with Gasteiger partial charge in [0.2, 0.25) is 0 Å². The summed E-state index contributed by atoms with van der Waals surface area (Å²) in [7, 11) is 0. The van der Waals surface area contributed by atoms with E-state index < -0.39 is 6.10 Å². The average Bonchev–Trinajstić information content (AvgIpc) is 3.33. The molecule has 0 heterocycles. The van der Waals surface area contributed by atoms with Crippen molar-refractivity contribution in [1.29, 1.82) is 0 Å². The molecule has 1 unspecified atom stereocenters. The highest BCUT2D eigenvalue weighted by atomic mass is 16.6. The zero-order chi connectivity index (χ0) is 48.6. The number of unbranched alkanes of at least 4 members (excludes halogenated alkanes) is 37. The first-order valence-electron chi connectivity index (χ1n) is 29.5. The van der Waals surface area contributed by atoms with Crippen molar-refractivity contribution >= 4 is 17.9 Å². The lowest BCUT2D eigenvalue weighted by Gasteiger charge is -2.18. The number of esters is 3. The highest BCUT2D eigenvalue weighted by molar-refractivity contribution is 5.71. The SMILES string of the molecule is CC/C=C\C/C=C\C/C=C\CCCCCC(=O)OC(COC(=O)CCCCCCCCC)COC(=O)CCCCCCCCCCCCCCCCCCCCCCCCCCCCCCC. The van der Waals surface area contributed by atoms with Crippen molar-refractivity contribution in [2.24, 2.45) is 0 Å². The van der Waals surface area contributed by atoms with E-state index in [0.29, 0.717) is 19.3 Å². The number of carbonyl (C=O) groups is 3. The Hall–Kier alpha value is -2.37. The Morgan fingerprint density at radius 2 is 0.582 bits per heavy atom. The zero-order valence-corrected chi connectivity index (χ0v) is 44.9. The molecule has 67 heavy (non-hydrogen) atoms. The van der Waals surface area contributed by atoms with Gasteiger partial charge in [-0.25, -0.2) is 0 Å². The molecule has 0 spiro atoms. The van der Waals surface area contributed by atoms with Crippen LogP contribution in [0.25, 0.3) is 0 Å². The lowest BCUT2D eigenvalue weighted by molar-refractivity contribution is -0.167. The van der Waals surface area contributed by atoms with Crippen molar-refractivity contribution in [3.05, 3.63) is 36.5 Å². The fourth-order valence-corrected chi connectivity index (χ4v) is 8.75. The number of rotatable bonds is 54. The van der Waals surface area contributed by atoms with Crippen molar-refractivity contribution < 1.29 is 28.6 Å². The van der Waals surface area contributed by atoms with Gasteiger partial charge in [-0.1, -0.05) is 282 Å². The van der Waals surface area contributed by atoms with Crippen molar-refractivity contribution in [2.45, 2.75) is 322 Å². The van der Waals surface area contributed by atoms with Crippen LogP contribution in [0.1, 0.15) is 316 Å². The van der Waals surface area contributed by atoms with Crippen LogP contribution in [0, 0.1) is 0 Å². The number of allylic oxidation sites excluding steroid dienone is 6. The van der Waals surface area contributed by atoms with Gasteiger partial charge in [0.15, 0.2) is 6.10 Å². The first-order valence-corrected chi connectivity index (χ1v) is 29.5. The van der Waals surface area contributed by atoms with E-state index in [-0.39, 0.29) is 31.1 Å². The maximum absolute atomic E-state index is 12.7. The molecule has 0 fully saturated rings. The molecule has 0 saturated carbocycles. The van der Waals surface area contributed by atoms with E-state index in [4.69, 9.17) is 14.2 Å². The van der Waals surface area contributed by atoms with E-state index in [1.165, 1.54) is 193 Å². The molecule has 0 aromatic carbocycles. The van der Waals surface area contributed by atoms with Gasteiger partial charge in [0.25, 0.3) is 0 Å². The number of hydrogen-bond acceptors (Lipinski definition) is 6. The molecule has 0 aliphatic rings. The minimum atomic E-state index is -0.781. The van der Waals surface area contributed by atoms with Crippen molar-refractivity contribution in [2.75, 3.05) is 13.2 Å². The first kappa shape index (κ1) is 64.6. The molecule has 0 saturated heterocycles. The van der Waals surface area contributed by atoms with Gasteiger partial charge in [-0.3, -0.25) is 14.4 Å². The number of carbonyl (C=O) groups excluding carboxylic acids is 3. The predicted octanol–water partition coefficient (Wildman–Crippen LogP) is 19.7. The number of ether oxygens (including phenoxy) is 3. The summed E-state index contributed by atoms with van der Waals surface area (Å²) in [6.45, 7) is 6.49. The topological polar surface area (TPSA) is 78.9 Å². The molecule has 0 N–H and O–H groups in total. The third-order valence-electron chi connectivity index (χ3n) is 13.2. The van der Waals surface area contributed by atoms with Crippen LogP contribution in [0.2, 0.25) is 0 Å². The summed E-state index contributed by atoms with van der Waals surface area (Å²) >= 11 is 0. The molecule has 0 radical (unpaired) electrons. The third-order valence-corrected chi connectivity index (χ3v) is 13.2. The summed E-state index contributed by atoms with van der Waals surface area (Å²) in [5, 5.41) is 0. The molecule has 0 aromatic heterocycles. The number of hydrogen-bond donors (Lipinski definition) is 0. The van der Waals surface area contributed by atoms with Gasteiger partial charge in [0.1, 0.15) is 13.2 Å². The van der Waals surface area contributed by atoms with Crippen LogP contribution in [0.4, 0.5) is 0 Å². The van der Waals surface area contributed by atoms with Crippen LogP contribution >= 0.6 is 0 Å². The van der Waals surface area contributed by atoms with Crippen LogP contribution in [0.3, 0.4) is 0 Å². The second kappa shape index (κ2) is 56.2. The van der Waals surface area contributed by atoms with Gasteiger partial charge in [-0.05, 0) is 51.4 Å². The van der Waals surface area contributed by atoms with Crippen LogP contribution in [-0.2, 0) is 28.6 Å². The second-order valence-corrected chi connectivity index (χ2v) is 19.9. The fraction of sp³-hybridized carbons (Fsp3) is 0.852. The molecular formula is C61H112O6. The Balaban J connectivity index is 3.99. The fourth-order valence-electron chi connectivity index (χ4n) is 8.75. The minimum absolute atomic E-state index is 0.0804. The molecule has 0 aliphatic heterocycles. The zero-order valence-electron chi connectivity index (χ0n) is 44.9. The summed E-state index contributed by atoms with van der Waals surface area (Å²) in [5.74, 6) is -0.904. The summed E-state index contributed by atoms with van der Waals surface area (Å²) in [4.78, 5) is 37.8. The quantitative estimate of drug-likeness (QED) is 0.0262. The van der Waals surface area contributed by atoms with Gasteiger partial charge in [0, 0.05) is 19.3 Å². The van der Waals surface area contributed by atoms with E-state index in [2.05, 4.69) is 57.2 Å². The van der Waals surface area contributed by atoms with E-state index in [1.54, 1.807) is 0 Å². The molecule has 0 bridgehead atoms. The Morgan fingerprint density at radius 3 is 0.910 bits per heavy atom. The van der Waals surface area contributed by atoms with Gasteiger partial charge < -0.3 is 14.2 Å². The molecule has 0 rings (SSSR count). The Morgan fingerprint density at radius 1 is 0.313 bits per heavy atom. The van der Waals surface area contributed by atoms with Crippen LogP contribution in [0.5, 0.6) is 0 Å². The summed E-state index contributed by atoms with van der Waals surface area (Å²) in [6.07, 6.45) is 67.7. The van der Waals surface area contributed by atoms with E-state index in [0.717, 1.165) is 83.5 Å². The van der Waals surface area contributed by atoms with E-state index in [9.17, 15) is 14.4 Å². The molecule has 1 atom stereocenters. The van der Waals surface area contributed by atoms with Crippen LogP contribution in [0.15, 0.2) is 36.5 Å². The van der Waals surface area contributed by atoms with Crippen LogP contribution in [-0.4, -0.2) is 37.2 Å². The van der Waals surface area contributed by atoms with Gasteiger partial charge in [-0.15, -0.1) is 0 Å². The second-order valence-electron chi connectivity index (χ2n) is 19.9. The summed E-state index contributed by atoms with van der Waals surface area (Å²) < 4.78 is 16.7. The smallest absolute Gasteiger partial charge is 0.306 e. The third kappa shape index (κ3) is 54.4. The highest BCUT2D eigenvalue weighted by Gasteiger charge is 2.19. The maximum Gasteiger partial charge on any atom is 0.306 e. The molecule has 6 nitrogen and oxygen atoms in total. The molecule has 0 amide bonds. The van der Waals surface area contributed by atoms with Crippen molar-refractivity contribution in [3.63, 3.8) is 0 Å². The van der Waals surface area contributed by atoms with Crippen molar-refractivity contribution in [1.82, 2.24) is 0 Å². The van der Waals surface area contributed by atoms with E-state index >= 15 is 0 Å². The Bertz CT molecular complexity index is 1130. The molecule has 392 valence electrons. The molecule has 0 aliphatic carbocycles. The lowest BCUT2D eigenvalue weighted by Crippen LogP contribution is -2.30. The largest absolute Gasteiger partial charge is 0.462 e. The van der Waals surface area contributed by atoms with E-state index in [1.807, 2.05) is 0 Å². The first-order chi connectivity index (χ1) is 33.0. The van der Waals surface area contributed by atoms with Crippen LogP contribution < -0.4 is 0 Å². The maximum atomic E-state index is 12.7. The average molecular weight is 942 g/mol. The molecule has 6 heteroatoms. The lowest BCUT2D eigenvalue weighted by atomic mass is 10.0.